The van der Waals surface area contributed by atoms with Gasteiger partial charge in [-0.15, -0.1) is 0 Å². The maximum atomic E-state index is 12.2. The molecule has 0 fully saturated rings. The third-order valence-corrected chi connectivity index (χ3v) is 5.37. The Balaban J connectivity index is 1.65. The van der Waals surface area contributed by atoms with Gasteiger partial charge in [-0.3, -0.25) is 0 Å². The zero-order valence-corrected chi connectivity index (χ0v) is 18.4. The second-order valence-electron chi connectivity index (χ2n) is 6.65. The lowest BCUT2D eigenvalue weighted by atomic mass is 10.1. The van der Waals surface area contributed by atoms with Crippen molar-refractivity contribution in [2.24, 2.45) is 4.74 Å². The summed E-state index contributed by atoms with van der Waals surface area (Å²) in [5.41, 5.74) is 7.45. The number of nitrogen functional groups attached to an aromatic ring is 1. The predicted molar refractivity (Wildman–Crippen MR) is 114 cm³/mol. The van der Waals surface area contributed by atoms with Gasteiger partial charge in [0.2, 0.25) is 11.8 Å². The van der Waals surface area contributed by atoms with Crippen molar-refractivity contribution in [2.45, 2.75) is 25.6 Å². The quantitative estimate of drug-likeness (QED) is 0.314. The first-order valence-electron chi connectivity index (χ1n) is 9.61. The summed E-state index contributed by atoms with van der Waals surface area (Å²) in [6, 6.07) is 7.91. The van der Waals surface area contributed by atoms with E-state index in [0.717, 1.165) is 5.56 Å². The van der Waals surface area contributed by atoms with Gasteiger partial charge in [-0.05, 0) is 12.5 Å². The zero-order chi connectivity index (χ0) is 23.1. The number of anilines is 1. The van der Waals surface area contributed by atoms with Crippen LogP contribution in [0.1, 0.15) is 18.6 Å². The molecule has 3 aromatic rings. The highest BCUT2D eigenvalue weighted by molar-refractivity contribution is 7.33. The Hall–Kier alpha value is -3.18. The molecule has 0 radical (unpaired) electrons. The van der Waals surface area contributed by atoms with Crippen LogP contribution >= 0.6 is 8.17 Å². The largest absolute Gasteiger partial charge is 0.583 e. The second kappa shape index (κ2) is 10.9. The summed E-state index contributed by atoms with van der Waals surface area (Å²) in [6.45, 7) is 2.08. The van der Waals surface area contributed by atoms with Gasteiger partial charge >= 0.3 is 14.1 Å². The first-order chi connectivity index (χ1) is 15.4. The van der Waals surface area contributed by atoms with Gasteiger partial charge < -0.3 is 29.8 Å². The maximum Gasteiger partial charge on any atom is 0.343 e. The van der Waals surface area contributed by atoms with Gasteiger partial charge in [-0.1, -0.05) is 35.1 Å². The molecular formula is C19H23N6O6P. The molecule has 170 valence electrons. The summed E-state index contributed by atoms with van der Waals surface area (Å²) in [6.07, 6.45) is 0.890. The number of hydrogen-bond donors (Lipinski definition) is 2. The van der Waals surface area contributed by atoms with Gasteiger partial charge in [0.1, 0.15) is 0 Å². The zero-order valence-electron chi connectivity index (χ0n) is 17.5. The number of aromatic nitrogens is 4. The fraction of sp³-hybridized carbons (Fsp3) is 0.368. The number of imidazole rings is 1. The van der Waals surface area contributed by atoms with Crippen LogP contribution in [0.3, 0.4) is 0 Å². The summed E-state index contributed by atoms with van der Waals surface area (Å²) in [7, 11) is -1.08. The molecule has 2 aromatic heterocycles. The van der Waals surface area contributed by atoms with E-state index in [-0.39, 0.29) is 25.0 Å². The van der Waals surface area contributed by atoms with Crippen molar-refractivity contribution in [3.8, 4) is 5.88 Å². The van der Waals surface area contributed by atoms with E-state index in [1.54, 1.807) is 23.0 Å². The molecule has 32 heavy (non-hydrogen) atoms. The van der Waals surface area contributed by atoms with E-state index in [1.165, 1.54) is 14.0 Å². The van der Waals surface area contributed by atoms with Crippen LogP contribution in [0, 0.1) is 0 Å². The summed E-state index contributed by atoms with van der Waals surface area (Å²) in [5.74, 6) is -0.830. The van der Waals surface area contributed by atoms with E-state index < -0.39 is 26.3 Å². The average molecular weight is 462 g/mol. The number of carboxylic acids is 1. The highest BCUT2D eigenvalue weighted by atomic mass is 31.1. The van der Waals surface area contributed by atoms with Crippen LogP contribution in [0.15, 0.2) is 41.4 Å². The molecule has 0 bridgehead atoms. The Labute approximate surface area is 184 Å². The Morgan fingerprint density at radius 3 is 2.78 bits per heavy atom. The van der Waals surface area contributed by atoms with E-state index in [2.05, 4.69) is 19.7 Å². The summed E-state index contributed by atoms with van der Waals surface area (Å²) < 4.78 is 21.8. The van der Waals surface area contributed by atoms with Crippen molar-refractivity contribution < 1.29 is 28.8 Å². The Morgan fingerprint density at radius 1 is 1.34 bits per heavy atom. The van der Waals surface area contributed by atoms with E-state index in [4.69, 9.17) is 24.8 Å². The highest BCUT2D eigenvalue weighted by Gasteiger charge is 2.22. The Morgan fingerprint density at radius 2 is 2.09 bits per heavy atom. The first-order valence-corrected chi connectivity index (χ1v) is 10.7. The van der Waals surface area contributed by atoms with Gasteiger partial charge in [0, 0.05) is 6.54 Å². The normalized spacial score (nSPS) is 13.8. The molecule has 12 nitrogen and oxygen atoms in total. The average Bonchev–Trinajstić information content (AvgIpc) is 3.18. The van der Waals surface area contributed by atoms with Crippen molar-refractivity contribution in [3.63, 3.8) is 0 Å². The number of benzene rings is 1. The fourth-order valence-corrected chi connectivity index (χ4v) is 3.61. The SMILES string of the molecule is COc1nc(N)nc2c1ncn2CCOC[C@H](O[P+]([O-])=N[C@@H](C)C(=O)O)c1ccccc1. The number of rotatable bonds is 11. The third kappa shape index (κ3) is 5.95. The van der Waals surface area contributed by atoms with Crippen LogP contribution in [0.4, 0.5) is 5.95 Å². The second-order valence-corrected chi connectivity index (χ2v) is 7.57. The number of carboxylic acid groups (broad SMARTS) is 1. The van der Waals surface area contributed by atoms with E-state index >= 15 is 0 Å². The molecule has 2 heterocycles. The molecule has 0 aliphatic heterocycles. The standard InChI is InChI=1S/C19H23N6O6P/c1-12(18(26)27)24-32(28)31-14(13-6-4-3-5-7-13)10-30-9-8-25-11-21-15-16(25)22-19(20)23-17(15)29-2/h3-7,11-12,14H,8-10H2,1-2H3,(H,26,27)(H2,20,22,23)/t12-,14-/m0/s1. The topological polar surface area (TPSA) is 170 Å². The number of ether oxygens (including phenoxy) is 2. The molecule has 3 N–H and O–H groups in total. The molecule has 1 aromatic carbocycles. The maximum absolute atomic E-state index is 12.2. The summed E-state index contributed by atoms with van der Waals surface area (Å²) in [4.78, 5) is 35.6. The third-order valence-electron chi connectivity index (χ3n) is 4.40. The minimum Gasteiger partial charge on any atom is -0.583 e. The minimum absolute atomic E-state index is 0.0673. The minimum atomic E-state index is -2.55. The van der Waals surface area contributed by atoms with Crippen LogP contribution in [-0.2, 0) is 20.6 Å². The lowest BCUT2D eigenvalue weighted by molar-refractivity contribution is -0.181. The van der Waals surface area contributed by atoms with Crippen LogP contribution in [0.2, 0.25) is 0 Å². The molecule has 0 saturated carbocycles. The molecule has 0 saturated heterocycles. The number of aliphatic carboxylic acids is 1. The van der Waals surface area contributed by atoms with E-state index in [1.807, 2.05) is 18.2 Å². The molecule has 0 spiro atoms. The van der Waals surface area contributed by atoms with Gasteiger partial charge in [-0.2, -0.15) is 14.5 Å². The van der Waals surface area contributed by atoms with Crippen molar-refractivity contribution >= 4 is 31.2 Å². The molecule has 3 atom stereocenters. The van der Waals surface area contributed by atoms with Crippen molar-refractivity contribution in [1.82, 2.24) is 19.5 Å². The molecule has 0 amide bonds. The molecule has 0 aliphatic rings. The molecule has 0 aliphatic carbocycles. The van der Waals surface area contributed by atoms with Crippen LogP contribution < -0.4 is 15.4 Å². The van der Waals surface area contributed by atoms with Crippen LogP contribution in [-0.4, -0.2) is 57.0 Å². The fourth-order valence-electron chi connectivity index (χ4n) is 2.78. The predicted octanol–water partition coefficient (Wildman–Crippen LogP) is 1.52. The monoisotopic (exact) mass is 462 g/mol. The van der Waals surface area contributed by atoms with Crippen molar-refractivity contribution in [3.05, 3.63) is 42.2 Å². The number of nitrogens with zero attached hydrogens (tertiary/aromatic N) is 5. The van der Waals surface area contributed by atoms with Crippen molar-refractivity contribution in [1.29, 1.82) is 0 Å². The Bertz CT molecular complexity index is 1090. The van der Waals surface area contributed by atoms with Crippen LogP contribution in [0.25, 0.3) is 11.2 Å². The number of carbonyl (C=O) groups is 1. The first kappa shape index (κ1) is 23.5. The number of methoxy groups -OCH3 is 1. The van der Waals surface area contributed by atoms with Crippen molar-refractivity contribution in [2.75, 3.05) is 26.1 Å². The molecular weight excluding hydrogens is 439 g/mol. The lowest BCUT2D eigenvalue weighted by Gasteiger charge is -2.14. The molecule has 1 unspecified atom stereocenters. The van der Waals surface area contributed by atoms with E-state index in [0.29, 0.717) is 17.7 Å². The molecule has 3 rings (SSSR count). The number of fused-ring (bicyclic) bond motifs is 1. The number of nitrogens with two attached hydrogens (primary N) is 1. The smallest absolute Gasteiger partial charge is 0.343 e. The summed E-state index contributed by atoms with van der Waals surface area (Å²) in [5, 5.41) is 8.94. The van der Waals surface area contributed by atoms with Gasteiger partial charge in [0.05, 0.1) is 26.7 Å². The van der Waals surface area contributed by atoms with Gasteiger partial charge in [0.25, 0.3) is 0 Å². The van der Waals surface area contributed by atoms with Gasteiger partial charge in [-0.25, -0.2) is 9.78 Å². The lowest BCUT2D eigenvalue weighted by Crippen LogP contribution is -2.16. The van der Waals surface area contributed by atoms with Gasteiger partial charge in [0.15, 0.2) is 23.3 Å². The molecule has 13 heteroatoms. The Kier molecular flexibility index (Phi) is 8.01. The highest BCUT2D eigenvalue weighted by Crippen LogP contribution is 2.30. The van der Waals surface area contributed by atoms with Crippen LogP contribution in [0.5, 0.6) is 5.88 Å². The number of hydrogen-bond acceptors (Lipinski definition) is 10. The van der Waals surface area contributed by atoms with E-state index in [9.17, 15) is 9.69 Å². The summed E-state index contributed by atoms with van der Waals surface area (Å²) >= 11 is 0.